The van der Waals surface area contributed by atoms with Crippen molar-refractivity contribution in [2.45, 2.75) is 64.6 Å². The first-order valence-electron chi connectivity index (χ1n) is 10.3. The molecular formula is C20H27N7O2. The van der Waals surface area contributed by atoms with Crippen LogP contribution in [0.25, 0.3) is 0 Å². The zero-order valence-electron chi connectivity index (χ0n) is 16.7. The van der Waals surface area contributed by atoms with Crippen LogP contribution in [0.15, 0.2) is 18.7 Å². The van der Waals surface area contributed by atoms with Crippen molar-refractivity contribution in [2.75, 3.05) is 0 Å². The molecule has 0 radical (unpaired) electrons. The third-order valence-corrected chi connectivity index (χ3v) is 5.91. The Kier molecular flexibility index (Phi) is 5.82. The number of carbonyl (C=O) groups is 2. The summed E-state index contributed by atoms with van der Waals surface area (Å²) in [6.45, 7) is 3.02. The molecule has 154 valence electrons. The fourth-order valence-electron chi connectivity index (χ4n) is 4.11. The number of rotatable bonds is 5. The molecule has 1 unspecified atom stereocenters. The molecule has 9 heteroatoms. The standard InChI is InChI=1S/C20H27N7O2/c1-13-9-22-17(10-21-13)11-23-19(28)14-2-4-16(5-3-14)26-20(29)15-6-7-27-18(8-15)24-12-25-27/h9-10,12,14-16H,2-8,11H2,1H3,(H,23,28)(H,26,29). The molecule has 2 aliphatic rings. The molecule has 0 spiro atoms. The summed E-state index contributed by atoms with van der Waals surface area (Å²) in [5.74, 6) is 1.00. The Hall–Kier alpha value is -2.84. The van der Waals surface area contributed by atoms with Crippen molar-refractivity contribution >= 4 is 11.8 Å². The van der Waals surface area contributed by atoms with Gasteiger partial charge in [-0.3, -0.25) is 24.2 Å². The van der Waals surface area contributed by atoms with Crippen LogP contribution < -0.4 is 10.6 Å². The minimum absolute atomic E-state index is 0.00482. The van der Waals surface area contributed by atoms with E-state index < -0.39 is 0 Å². The predicted molar refractivity (Wildman–Crippen MR) is 104 cm³/mol. The molecule has 2 amide bonds. The molecule has 1 saturated carbocycles. The number of fused-ring (bicyclic) bond motifs is 1. The fraction of sp³-hybridized carbons (Fsp3) is 0.600. The number of hydrogen-bond acceptors (Lipinski definition) is 6. The second-order valence-corrected chi connectivity index (χ2v) is 8.01. The van der Waals surface area contributed by atoms with Gasteiger partial charge in [-0.2, -0.15) is 5.10 Å². The molecule has 0 aromatic carbocycles. The Morgan fingerprint density at radius 3 is 2.62 bits per heavy atom. The Labute approximate surface area is 169 Å². The third kappa shape index (κ3) is 4.78. The lowest BCUT2D eigenvalue weighted by molar-refractivity contribution is -0.127. The number of nitrogens with zero attached hydrogens (tertiary/aromatic N) is 5. The van der Waals surface area contributed by atoms with Crippen molar-refractivity contribution < 1.29 is 9.59 Å². The van der Waals surface area contributed by atoms with Gasteiger partial charge in [-0.25, -0.2) is 4.98 Å². The van der Waals surface area contributed by atoms with E-state index in [1.807, 2.05) is 11.6 Å². The van der Waals surface area contributed by atoms with Crippen molar-refractivity contribution in [1.82, 2.24) is 35.4 Å². The molecule has 0 saturated heterocycles. The first-order chi connectivity index (χ1) is 14.1. The van der Waals surface area contributed by atoms with Crippen LogP contribution in [0.3, 0.4) is 0 Å². The minimum atomic E-state index is -0.0386. The molecule has 1 atom stereocenters. The van der Waals surface area contributed by atoms with E-state index in [0.29, 0.717) is 13.0 Å². The van der Waals surface area contributed by atoms with Crippen LogP contribution >= 0.6 is 0 Å². The molecule has 2 aromatic heterocycles. The highest BCUT2D eigenvalue weighted by Crippen LogP contribution is 2.26. The van der Waals surface area contributed by atoms with E-state index in [2.05, 4.69) is 30.7 Å². The van der Waals surface area contributed by atoms with Crippen molar-refractivity contribution in [2.24, 2.45) is 11.8 Å². The monoisotopic (exact) mass is 397 g/mol. The Morgan fingerprint density at radius 2 is 1.86 bits per heavy atom. The number of amides is 2. The zero-order valence-corrected chi connectivity index (χ0v) is 16.7. The second-order valence-electron chi connectivity index (χ2n) is 8.01. The number of aryl methyl sites for hydroxylation is 2. The maximum absolute atomic E-state index is 12.6. The van der Waals surface area contributed by atoms with Crippen LogP contribution in [0.4, 0.5) is 0 Å². The molecule has 3 heterocycles. The van der Waals surface area contributed by atoms with Gasteiger partial charge in [0.2, 0.25) is 11.8 Å². The fourth-order valence-corrected chi connectivity index (χ4v) is 4.11. The lowest BCUT2D eigenvalue weighted by atomic mass is 9.85. The highest BCUT2D eigenvalue weighted by molar-refractivity contribution is 5.80. The Morgan fingerprint density at radius 1 is 1.03 bits per heavy atom. The van der Waals surface area contributed by atoms with E-state index >= 15 is 0 Å². The molecule has 1 fully saturated rings. The predicted octanol–water partition coefficient (Wildman–Crippen LogP) is 0.930. The van der Waals surface area contributed by atoms with Crippen LogP contribution in [0, 0.1) is 18.8 Å². The van der Waals surface area contributed by atoms with Gasteiger partial charge in [0.15, 0.2) is 0 Å². The molecule has 2 aromatic rings. The van der Waals surface area contributed by atoms with E-state index in [9.17, 15) is 9.59 Å². The summed E-state index contributed by atoms with van der Waals surface area (Å²) in [6, 6.07) is 0.148. The molecule has 29 heavy (non-hydrogen) atoms. The highest BCUT2D eigenvalue weighted by atomic mass is 16.2. The van der Waals surface area contributed by atoms with Crippen molar-refractivity contribution in [3.8, 4) is 0 Å². The van der Waals surface area contributed by atoms with Crippen LogP contribution in [-0.2, 0) is 29.1 Å². The van der Waals surface area contributed by atoms with Crippen LogP contribution in [0.1, 0.15) is 49.3 Å². The van der Waals surface area contributed by atoms with Gasteiger partial charge in [0.25, 0.3) is 0 Å². The molecule has 1 aliphatic carbocycles. The van der Waals surface area contributed by atoms with E-state index in [1.165, 1.54) is 0 Å². The van der Waals surface area contributed by atoms with Gasteiger partial charge in [-0.15, -0.1) is 0 Å². The van der Waals surface area contributed by atoms with Crippen molar-refractivity contribution in [1.29, 1.82) is 0 Å². The number of carbonyl (C=O) groups excluding carboxylic acids is 2. The summed E-state index contributed by atoms with van der Waals surface area (Å²) in [4.78, 5) is 37.8. The van der Waals surface area contributed by atoms with E-state index in [-0.39, 0.29) is 29.7 Å². The molecule has 1 aliphatic heterocycles. The number of hydrogen-bond donors (Lipinski definition) is 2. The maximum Gasteiger partial charge on any atom is 0.223 e. The zero-order chi connectivity index (χ0) is 20.2. The smallest absolute Gasteiger partial charge is 0.223 e. The SMILES string of the molecule is Cc1cnc(CNC(=O)C2CCC(NC(=O)C3CCn4ncnc4C3)CC2)cn1. The lowest BCUT2D eigenvalue weighted by Gasteiger charge is -2.30. The minimum Gasteiger partial charge on any atom is -0.353 e. The lowest BCUT2D eigenvalue weighted by Crippen LogP contribution is -2.44. The maximum atomic E-state index is 12.6. The van der Waals surface area contributed by atoms with Crippen LogP contribution in [0.5, 0.6) is 0 Å². The van der Waals surface area contributed by atoms with Gasteiger partial charge in [-0.1, -0.05) is 0 Å². The van der Waals surface area contributed by atoms with Crippen molar-refractivity contribution in [3.63, 3.8) is 0 Å². The van der Waals surface area contributed by atoms with E-state index in [4.69, 9.17) is 0 Å². The summed E-state index contributed by atoms with van der Waals surface area (Å²) >= 11 is 0. The molecule has 9 nitrogen and oxygen atoms in total. The molecule has 2 N–H and O–H groups in total. The molecule has 0 bridgehead atoms. The Bertz CT molecular complexity index is 856. The largest absolute Gasteiger partial charge is 0.353 e. The van der Waals surface area contributed by atoms with Gasteiger partial charge in [0.1, 0.15) is 12.2 Å². The second kappa shape index (κ2) is 8.67. The summed E-state index contributed by atoms with van der Waals surface area (Å²) in [5, 5.41) is 10.3. The van der Waals surface area contributed by atoms with E-state index in [1.54, 1.807) is 18.7 Å². The summed E-state index contributed by atoms with van der Waals surface area (Å²) in [5.41, 5.74) is 1.61. The molecule has 4 rings (SSSR count). The average Bonchev–Trinajstić information content (AvgIpc) is 3.21. The van der Waals surface area contributed by atoms with Gasteiger partial charge < -0.3 is 10.6 Å². The average molecular weight is 397 g/mol. The normalized spacial score (nSPS) is 23.8. The first kappa shape index (κ1) is 19.5. The van der Waals surface area contributed by atoms with Crippen LogP contribution in [0.2, 0.25) is 0 Å². The summed E-state index contributed by atoms with van der Waals surface area (Å²) < 4.78 is 1.87. The van der Waals surface area contributed by atoms with Gasteiger partial charge in [0.05, 0.1) is 24.1 Å². The van der Waals surface area contributed by atoms with Gasteiger partial charge >= 0.3 is 0 Å². The summed E-state index contributed by atoms with van der Waals surface area (Å²) in [6.07, 6.45) is 9.61. The number of nitrogens with one attached hydrogen (secondary N) is 2. The molecular weight excluding hydrogens is 370 g/mol. The van der Waals surface area contributed by atoms with Gasteiger partial charge in [-0.05, 0) is 39.0 Å². The van der Waals surface area contributed by atoms with Crippen molar-refractivity contribution in [3.05, 3.63) is 35.9 Å². The third-order valence-electron chi connectivity index (χ3n) is 5.91. The number of aromatic nitrogens is 5. The quantitative estimate of drug-likeness (QED) is 0.776. The summed E-state index contributed by atoms with van der Waals surface area (Å²) in [7, 11) is 0. The van der Waals surface area contributed by atoms with Gasteiger partial charge in [0, 0.05) is 37.0 Å². The topological polar surface area (TPSA) is 115 Å². The van der Waals surface area contributed by atoms with Crippen LogP contribution in [-0.4, -0.2) is 42.6 Å². The first-order valence-corrected chi connectivity index (χ1v) is 10.3. The van der Waals surface area contributed by atoms with E-state index in [0.717, 1.165) is 55.9 Å². The Balaban J connectivity index is 1.19. The highest BCUT2D eigenvalue weighted by Gasteiger charge is 2.30.